The molecule has 5 nitrogen and oxygen atoms in total. The summed E-state index contributed by atoms with van der Waals surface area (Å²) in [5.41, 5.74) is 2.09. The van der Waals surface area contributed by atoms with E-state index in [1.165, 1.54) is 5.56 Å². The third kappa shape index (κ3) is 2.70. The second-order valence-electron chi connectivity index (χ2n) is 4.02. The van der Waals surface area contributed by atoms with Crippen LogP contribution in [0.5, 0.6) is 0 Å². The molecule has 0 aliphatic rings. The van der Waals surface area contributed by atoms with Gasteiger partial charge in [-0.1, -0.05) is 5.16 Å². The van der Waals surface area contributed by atoms with E-state index in [1.54, 1.807) is 6.26 Å². The first kappa shape index (κ1) is 10.9. The lowest BCUT2D eigenvalue weighted by Gasteiger charge is -2.03. The minimum atomic E-state index is 0.407. The molecule has 0 bridgehead atoms. The molecule has 2 aromatic heterocycles. The highest BCUT2D eigenvalue weighted by Gasteiger charge is 2.01. The summed E-state index contributed by atoms with van der Waals surface area (Å²) in [5.74, 6) is 0. The van der Waals surface area contributed by atoms with Gasteiger partial charge in [0.25, 0.3) is 0 Å². The van der Waals surface area contributed by atoms with Crippen molar-refractivity contribution < 1.29 is 4.52 Å². The standard InChI is InChI=1S/C11H16N4O/c1-9(2)15-8-10(6-13-15)5-12-7-11-3-4-16-14-11/h3-4,6,8-9,12H,5,7H2,1-2H3. The van der Waals surface area contributed by atoms with Crippen molar-refractivity contribution in [1.29, 1.82) is 0 Å². The minimum absolute atomic E-state index is 0.407. The molecule has 0 saturated heterocycles. The molecule has 0 amide bonds. The van der Waals surface area contributed by atoms with E-state index in [4.69, 9.17) is 4.52 Å². The van der Waals surface area contributed by atoms with Crippen molar-refractivity contribution in [2.75, 3.05) is 0 Å². The largest absolute Gasteiger partial charge is 0.364 e. The van der Waals surface area contributed by atoms with Crippen LogP contribution in [0.15, 0.2) is 29.2 Å². The summed E-state index contributed by atoms with van der Waals surface area (Å²) < 4.78 is 6.70. The van der Waals surface area contributed by atoms with Crippen LogP contribution < -0.4 is 5.32 Å². The highest BCUT2D eigenvalue weighted by molar-refractivity contribution is 5.04. The van der Waals surface area contributed by atoms with E-state index in [0.717, 1.165) is 12.2 Å². The predicted octanol–water partition coefficient (Wildman–Crippen LogP) is 1.74. The molecule has 1 N–H and O–H groups in total. The Labute approximate surface area is 94.4 Å². The zero-order chi connectivity index (χ0) is 11.4. The first-order valence-electron chi connectivity index (χ1n) is 5.38. The van der Waals surface area contributed by atoms with Gasteiger partial charge in [0.15, 0.2) is 0 Å². The highest BCUT2D eigenvalue weighted by Crippen LogP contribution is 2.05. The lowest BCUT2D eigenvalue weighted by Crippen LogP contribution is -2.12. The number of hydrogen-bond acceptors (Lipinski definition) is 4. The van der Waals surface area contributed by atoms with Crippen LogP contribution in [0.3, 0.4) is 0 Å². The zero-order valence-electron chi connectivity index (χ0n) is 9.55. The Balaban J connectivity index is 1.81. The van der Waals surface area contributed by atoms with Gasteiger partial charge >= 0.3 is 0 Å². The van der Waals surface area contributed by atoms with Gasteiger partial charge in [0, 0.05) is 37.0 Å². The molecule has 86 valence electrons. The molecule has 2 aromatic rings. The average Bonchev–Trinajstić information content (AvgIpc) is 2.87. The van der Waals surface area contributed by atoms with Crippen molar-refractivity contribution in [1.82, 2.24) is 20.3 Å². The van der Waals surface area contributed by atoms with Crippen molar-refractivity contribution in [3.05, 3.63) is 36.0 Å². The predicted molar refractivity (Wildman–Crippen MR) is 59.7 cm³/mol. The van der Waals surface area contributed by atoms with E-state index in [0.29, 0.717) is 12.6 Å². The molecular formula is C11H16N4O. The van der Waals surface area contributed by atoms with Crippen LogP contribution in [0.25, 0.3) is 0 Å². The maximum atomic E-state index is 4.75. The molecule has 2 heterocycles. The zero-order valence-corrected chi connectivity index (χ0v) is 9.55. The Hall–Kier alpha value is -1.62. The van der Waals surface area contributed by atoms with Gasteiger partial charge in [-0.2, -0.15) is 5.10 Å². The van der Waals surface area contributed by atoms with Gasteiger partial charge in [-0.3, -0.25) is 4.68 Å². The maximum absolute atomic E-state index is 4.75. The van der Waals surface area contributed by atoms with Gasteiger partial charge < -0.3 is 9.84 Å². The minimum Gasteiger partial charge on any atom is -0.364 e. The van der Waals surface area contributed by atoms with Crippen molar-refractivity contribution in [2.45, 2.75) is 33.0 Å². The van der Waals surface area contributed by atoms with Crippen LogP contribution in [-0.4, -0.2) is 14.9 Å². The summed E-state index contributed by atoms with van der Waals surface area (Å²) >= 11 is 0. The van der Waals surface area contributed by atoms with Gasteiger partial charge in [-0.05, 0) is 13.8 Å². The second-order valence-corrected chi connectivity index (χ2v) is 4.02. The molecule has 0 atom stereocenters. The van der Waals surface area contributed by atoms with Crippen molar-refractivity contribution in [3.8, 4) is 0 Å². The number of aromatic nitrogens is 3. The van der Waals surface area contributed by atoms with Gasteiger partial charge in [0.05, 0.1) is 11.9 Å². The Morgan fingerprint density at radius 3 is 2.94 bits per heavy atom. The molecule has 0 unspecified atom stereocenters. The number of nitrogens with zero attached hydrogens (tertiary/aromatic N) is 3. The summed E-state index contributed by atoms with van der Waals surface area (Å²) in [7, 11) is 0. The molecule has 2 rings (SSSR count). The Morgan fingerprint density at radius 1 is 1.44 bits per heavy atom. The fraction of sp³-hybridized carbons (Fsp3) is 0.455. The van der Waals surface area contributed by atoms with E-state index in [9.17, 15) is 0 Å². The molecule has 0 saturated carbocycles. The summed E-state index contributed by atoms with van der Waals surface area (Å²) in [6, 6.07) is 2.26. The van der Waals surface area contributed by atoms with E-state index >= 15 is 0 Å². The molecule has 0 aliphatic carbocycles. The summed E-state index contributed by atoms with van der Waals surface area (Å²) in [5, 5.41) is 11.4. The topological polar surface area (TPSA) is 55.9 Å². The van der Waals surface area contributed by atoms with E-state index in [2.05, 4.69) is 35.6 Å². The molecular weight excluding hydrogens is 204 g/mol. The highest BCUT2D eigenvalue weighted by atomic mass is 16.5. The molecule has 0 spiro atoms. The van der Waals surface area contributed by atoms with Crippen molar-refractivity contribution >= 4 is 0 Å². The monoisotopic (exact) mass is 220 g/mol. The van der Waals surface area contributed by atoms with Crippen LogP contribution in [0.1, 0.15) is 31.1 Å². The average molecular weight is 220 g/mol. The normalized spacial score (nSPS) is 11.2. The Kier molecular flexibility index (Phi) is 3.36. The molecule has 16 heavy (non-hydrogen) atoms. The molecule has 0 aliphatic heterocycles. The lowest BCUT2D eigenvalue weighted by molar-refractivity contribution is 0.408. The summed E-state index contributed by atoms with van der Waals surface area (Å²) in [4.78, 5) is 0. The fourth-order valence-corrected chi connectivity index (χ4v) is 1.41. The van der Waals surface area contributed by atoms with Gasteiger partial charge in [-0.15, -0.1) is 0 Å². The number of rotatable bonds is 5. The van der Waals surface area contributed by atoms with Gasteiger partial charge in [0.1, 0.15) is 6.26 Å². The molecule has 0 fully saturated rings. The summed E-state index contributed by atoms with van der Waals surface area (Å²) in [6.45, 7) is 5.72. The van der Waals surface area contributed by atoms with Crippen LogP contribution in [0.2, 0.25) is 0 Å². The smallest absolute Gasteiger partial charge is 0.124 e. The third-order valence-corrected chi connectivity index (χ3v) is 2.31. The Bertz CT molecular complexity index is 419. The van der Waals surface area contributed by atoms with Crippen molar-refractivity contribution in [3.63, 3.8) is 0 Å². The number of hydrogen-bond donors (Lipinski definition) is 1. The fourth-order valence-electron chi connectivity index (χ4n) is 1.41. The number of nitrogens with one attached hydrogen (secondary N) is 1. The molecule has 0 aromatic carbocycles. The van der Waals surface area contributed by atoms with Crippen LogP contribution >= 0.6 is 0 Å². The van der Waals surface area contributed by atoms with Crippen LogP contribution in [0.4, 0.5) is 0 Å². The molecule has 5 heteroatoms. The first-order chi connectivity index (χ1) is 7.75. The second kappa shape index (κ2) is 4.94. The quantitative estimate of drug-likeness (QED) is 0.834. The maximum Gasteiger partial charge on any atom is 0.124 e. The first-order valence-corrected chi connectivity index (χ1v) is 5.38. The van der Waals surface area contributed by atoms with E-state index in [1.807, 2.05) is 16.9 Å². The SMILES string of the molecule is CC(C)n1cc(CNCc2ccon2)cn1. The van der Waals surface area contributed by atoms with E-state index < -0.39 is 0 Å². The van der Waals surface area contributed by atoms with Gasteiger partial charge in [0.2, 0.25) is 0 Å². The summed E-state index contributed by atoms with van der Waals surface area (Å²) in [6.07, 6.45) is 5.52. The molecule has 0 radical (unpaired) electrons. The van der Waals surface area contributed by atoms with Crippen LogP contribution in [0, 0.1) is 0 Å². The van der Waals surface area contributed by atoms with Gasteiger partial charge in [-0.25, -0.2) is 0 Å². The lowest BCUT2D eigenvalue weighted by atomic mass is 10.3. The van der Waals surface area contributed by atoms with Crippen LogP contribution in [-0.2, 0) is 13.1 Å². The van der Waals surface area contributed by atoms with E-state index in [-0.39, 0.29) is 0 Å². The Morgan fingerprint density at radius 2 is 2.31 bits per heavy atom. The third-order valence-electron chi connectivity index (χ3n) is 2.31. The van der Waals surface area contributed by atoms with Crippen molar-refractivity contribution in [2.24, 2.45) is 0 Å².